The van der Waals surface area contributed by atoms with E-state index >= 15 is 0 Å². The van der Waals surface area contributed by atoms with Gasteiger partial charge in [-0.25, -0.2) is 0 Å². The molecule has 1 amide bonds. The number of aromatic hydroxyl groups is 1. The van der Waals surface area contributed by atoms with Gasteiger partial charge in [0.2, 0.25) is 5.13 Å². The van der Waals surface area contributed by atoms with Crippen LogP contribution in [0.3, 0.4) is 0 Å². The van der Waals surface area contributed by atoms with Gasteiger partial charge >= 0.3 is 0 Å². The molecule has 0 aliphatic rings. The minimum Gasteiger partial charge on any atom is -0.507 e. The quantitative estimate of drug-likeness (QED) is 0.832. The van der Waals surface area contributed by atoms with Crippen LogP contribution in [0.4, 0.5) is 5.13 Å². The highest BCUT2D eigenvalue weighted by atomic mass is 32.1. The molecule has 0 spiro atoms. The van der Waals surface area contributed by atoms with Crippen LogP contribution in [0.25, 0.3) is 0 Å². The largest absolute Gasteiger partial charge is 0.507 e. The number of phenolic OH excluding ortho intramolecular Hbond substituents is 1. The number of aryl methyl sites for hydroxylation is 1. The Morgan fingerprint density at radius 2 is 2.31 bits per heavy atom. The van der Waals surface area contributed by atoms with Gasteiger partial charge in [-0.1, -0.05) is 23.0 Å². The van der Waals surface area contributed by atoms with Crippen molar-refractivity contribution in [1.82, 2.24) is 10.2 Å². The van der Waals surface area contributed by atoms with Crippen molar-refractivity contribution >= 4 is 22.4 Å². The molecule has 1 aromatic carbocycles. The fourth-order valence-corrected chi connectivity index (χ4v) is 1.66. The molecule has 0 saturated carbocycles. The summed E-state index contributed by atoms with van der Waals surface area (Å²) in [7, 11) is 0. The topological polar surface area (TPSA) is 75.1 Å². The average molecular weight is 235 g/mol. The first-order valence-corrected chi connectivity index (χ1v) is 5.42. The molecule has 2 rings (SSSR count). The first-order valence-electron chi connectivity index (χ1n) is 4.54. The highest BCUT2D eigenvalue weighted by Crippen LogP contribution is 2.20. The normalized spacial score (nSPS) is 10.1. The maximum atomic E-state index is 11.8. The van der Waals surface area contributed by atoms with Gasteiger partial charge in [-0.05, 0) is 19.1 Å². The summed E-state index contributed by atoms with van der Waals surface area (Å²) in [6.45, 7) is 1.85. The van der Waals surface area contributed by atoms with Crippen LogP contribution < -0.4 is 5.32 Å². The average Bonchev–Trinajstić information content (AvgIpc) is 2.74. The summed E-state index contributed by atoms with van der Waals surface area (Å²) in [4.78, 5) is 11.8. The van der Waals surface area contributed by atoms with E-state index in [1.807, 2.05) is 6.92 Å². The van der Waals surface area contributed by atoms with Crippen molar-refractivity contribution in [2.75, 3.05) is 5.32 Å². The van der Waals surface area contributed by atoms with Crippen LogP contribution in [-0.4, -0.2) is 21.2 Å². The number of phenols is 1. The van der Waals surface area contributed by atoms with Gasteiger partial charge in [0.1, 0.15) is 11.3 Å². The lowest BCUT2D eigenvalue weighted by Crippen LogP contribution is -2.12. The van der Waals surface area contributed by atoms with E-state index in [1.54, 1.807) is 12.1 Å². The molecule has 0 aliphatic carbocycles. The van der Waals surface area contributed by atoms with Gasteiger partial charge in [0, 0.05) is 0 Å². The number of anilines is 1. The fourth-order valence-electron chi connectivity index (χ4n) is 1.22. The van der Waals surface area contributed by atoms with Crippen LogP contribution in [0.15, 0.2) is 23.7 Å². The van der Waals surface area contributed by atoms with Crippen LogP contribution in [-0.2, 0) is 0 Å². The highest BCUT2D eigenvalue weighted by molar-refractivity contribution is 7.13. The summed E-state index contributed by atoms with van der Waals surface area (Å²) in [5.41, 5.74) is 2.65. The zero-order chi connectivity index (χ0) is 11.5. The van der Waals surface area contributed by atoms with E-state index in [1.165, 1.54) is 22.9 Å². The third kappa shape index (κ3) is 2.17. The van der Waals surface area contributed by atoms with Gasteiger partial charge in [-0.3, -0.25) is 10.1 Å². The number of carbonyl (C=O) groups is 1. The van der Waals surface area contributed by atoms with Crippen LogP contribution in [0.1, 0.15) is 15.9 Å². The molecule has 1 heterocycles. The molecular formula is C10H9N3O2S. The number of rotatable bonds is 2. The SMILES string of the molecule is Cc1ccc(O)c(C(=O)Nc2nncs2)c1. The Morgan fingerprint density at radius 3 is 3.00 bits per heavy atom. The van der Waals surface area contributed by atoms with Crippen molar-refractivity contribution in [3.63, 3.8) is 0 Å². The number of nitrogens with one attached hydrogen (secondary N) is 1. The molecule has 0 aliphatic heterocycles. The molecule has 0 radical (unpaired) electrons. The molecule has 82 valence electrons. The Kier molecular flexibility index (Phi) is 2.82. The first-order chi connectivity index (χ1) is 7.66. The monoisotopic (exact) mass is 235 g/mol. The predicted molar refractivity (Wildman–Crippen MR) is 60.7 cm³/mol. The van der Waals surface area contributed by atoms with Gasteiger partial charge in [0.25, 0.3) is 5.91 Å². The van der Waals surface area contributed by atoms with E-state index < -0.39 is 5.91 Å². The number of hydrogen-bond donors (Lipinski definition) is 2. The standard InChI is InChI=1S/C10H9N3O2S/c1-6-2-3-8(14)7(4-6)9(15)12-10-13-11-5-16-10/h2-5,14H,1H3,(H,12,13,15). The van der Waals surface area contributed by atoms with Crippen LogP contribution >= 0.6 is 11.3 Å². The van der Waals surface area contributed by atoms with Crippen molar-refractivity contribution < 1.29 is 9.90 Å². The van der Waals surface area contributed by atoms with Gasteiger partial charge in [-0.2, -0.15) is 0 Å². The summed E-state index contributed by atoms with van der Waals surface area (Å²) in [6, 6.07) is 4.84. The van der Waals surface area contributed by atoms with Crippen LogP contribution in [0, 0.1) is 6.92 Å². The Bertz CT molecular complexity index is 511. The summed E-state index contributed by atoms with van der Waals surface area (Å²) < 4.78 is 0. The summed E-state index contributed by atoms with van der Waals surface area (Å²) in [6.07, 6.45) is 0. The lowest BCUT2D eigenvalue weighted by molar-refractivity contribution is 0.102. The Hall–Kier alpha value is -1.95. The zero-order valence-corrected chi connectivity index (χ0v) is 9.28. The molecule has 2 N–H and O–H groups in total. The van der Waals surface area contributed by atoms with E-state index in [4.69, 9.17) is 0 Å². The molecule has 2 aromatic rings. The molecule has 5 nitrogen and oxygen atoms in total. The molecule has 0 fully saturated rings. The molecule has 0 unspecified atom stereocenters. The van der Waals surface area contributed by atoms with E-state index in [2.05, 4.69) is 15.5 Å². The number of aromatic nitrogens is 2. The maximum absolute atomic E-state index is 11.8. The molecule has 0 bridgehead atoms. The number of carbonyl (C=O) groups excluding carboxylic acids is 1. The molecule has 1 aromatic heterocycles. The number of hydrogen-bond acceptors (Lipinski definition) is 5. The predicted octanol–water partition coefficient (Wildman–Crippen LogP) is 1.80. The fraction of sp³-hybridized carbons (Fsp3) is 0.100. The summed E-state index contributed by atoms with van der Waals surface area (Å²) >= 11 is 1.22. The minimum absolute atomic E-state index is 0.0485. The van der Waals surface area contributed by atoms with Gasteiger partial charge in [-0.15, -0.1) is 10.2 Å². The van der Waals surface area contributed by atoms with Gasteiger partial charge in [0.05, 0.1) is 5.56 Å². The minimum atomic E-state index is -0.391. The summed E-state index contributed by atoms with van der Waals surface area (Å²) in [5.74, 6) is -0.439. The van der Waals surface area contributed by atoms with Crippen molar-refractivity contribution in [1.29, 1.82) is 0 Å². The first kappa shape index (κ1) is 10.6. The van der Waals surface area contributed by atoms with Gasteiger partial charge in [0.15, 0.2) is 0 Å². The second kappa shape index (κ2) is 4.28. The van der Waals surface area contributed by atoms with E-state index in [-0.39, 0.29) is 11.3 Å². The van der Waals surface area contributed by atoms with E-state index in [9.17, 15) is 9.90 Å². The van der Waals surface area contributed by atoms with Crippen molar-refractivity contribution in [2.24, 2.45) is 0 Å². The smallest absolute Gasteiger partial charge is 0.261 e. The Balaban J connectivity index is 2.24. The molecular weight excluding hydrogens is 226 g/mol. The zero-order valence-electron chi connectivity index (χ0n) is 8.47. The molecule has 0 atom stereocenters. The van der Waals surface area contributed by atoms with Crippen molar-refractivity contribution in [2.45, 2.75) is 6.92 Å². The number of nitrogens with zero attached hydrogens (tertiary/aromatic N) is 2. The maximum Gasteiger partial charge on any atom is 0.261 e. The summed E-state index contributed by atoms with van der Waals surface area (Å²) in [5, 5.41) is 19.8. The molecule has 0 saturated heterocycles. The molecule has 16 heavy (non-hydrogen) atoms. The lowest BCUT2D eigenvalue weighted by Gasteiger charge is -2.04. The van der Waals surface area contributed by atoms with E-state index in [0.717, 1.165) is 5.56 Å². The number of amides is 1. The Labute approximate surface area is 95.8 Å². The Morgan fingerprint density at radius 1 is 1.50 bits per heavy atom. The lowest BCUT2D eigenvalue weighted by atomic mass is 10.1. The number of benzene rings is 1. The van der Waals surface area contributed by atoms with Crippen molar-refractivity contribution in [3.8, 4) is 5.75 Å². The van der Waals surface area contributed by atoms with Crippen LogP contribution in [0.2, 0.25) is 0 Å². The third-order valence-electron chi connectivity index (χ3n) is 1.98. The second-order valence-corrected chi connectivity index (χ2v) is 4.05. The second-order valence-electron chi connectivity index (χ2n) is 3.22. The van der Waals surface area contributed by atoms with Crippen LogP contribution in [0.5, 0.6) is 5.75 Å². The van der Waals surface area contributed by atoms with E-state index in [0.29, 0.717) is 5.13 Å². The van der Waals surface area contributed by atoms with Gasteiger partial charge < -0.3 is 5.11 Å². The molecule has 6 heteroatoms. The third-order valence-corrected chi connectivity index (χ3v) is 2.58. The highest BCUT2D eigenvalue weighted by Gasteiger charge is 2.12. The van der Waals surface area contributed by atoms with Crippen molar-refractivity contribution in [3.05, 3.63) is 34.8 Å².